The number of esters is 1. The fourth-order valence-electron chi connectivity index (χ4n) is 2.21. The molecule has 2 aromatic carbocycles. The van der Waals surface area contributed by atoms with E-state index in [1.807, 2.05) is 38.1 Å². The molecule has 1 amide bonds. The van der Waals surface area contributed by atoms with Crippen molar-refractivity contribution in [2.75, 3.05) is 11.9 Å². The summed E-state index contributed by atoms with van der Waals surface area (Å²) in [5.41, 5.74) is 2.38. The van der Waals surface area contributed by atoms with E-state index in [4.69, 9.17) is 9.47 Å². The number of benzene rings is 2. The lowest BCUT2D eigenvalue weighted by molar-refractivity contribution is -0.151. The number of rotatable bonds is 8. The lowest BCUT2D eigenvalue weighted by atomic mass is 10.2. The maximum atomic E-state index is 12.3. The van der Waals surface area contributed by atoms with Crippen molar-refractivity contribution < 1.29 is 19.1 Å². The molecule has 0 aliphatic heterocycles. The summed E-state index contributed by atoms with van der Waals surface area (Å²) in [7, 11) is 0. The average Bonchev–Trinajstić information content (AvgIpc) is 2.64. The second-order valence-electron chi connectivity index (χ2n) is 6.13. The second kappa shape index (κ2) is 9.61. The number of unbranched alkanes of at least 4 members (excludes halogenated alkanes) is 1. The van der Waals surface area contributed by atoms with Crippen molar-refractivity contribution >= 4 is 17.6 Å². The number of aryl methyl sites for hydroxylation is 1. The molecule has 2 aromatic rings. The number of nitrogens with one attached hydrogen (secondary N) is 1. The summed E-state index contributed by atoms with van der Waals surface area (Å²) in [5.74, 6) is -0.0797. The minimum atomic E-state index is -0.695. The molecule has 0 aliphatic carbocycles. The van der Waals surface area contributed by atoms with E-state index in [9.17, 15) is 9.59 Å². The molecule has 1 atom stereocenters. The minimum Gasteiger partial charge on any atom is -0.479 e. The quantitative estimate of drug-likeness (QED) is 0.564. The molecule has 5 nitrogen and oxygen atoms in total. The summed E-state index contributed by atoms with van der Waals surface area (Å²) in [6, 6.07) is 14.2. The van der Waals surface area contributed by atoms with Gasteiger partial charge < -0.3 is 14.8 Å². The molecule has 0 fully saturated rings. The molecular formula is C21H25NO4. The Morgan fingerprint density at radius 1 is 1.04 bits per heavy atom. The molecule has 0 spiro atoms. The SMILES string of the molecule is CCCCOC(=O)C(C)Oc1ccc(C(=O)Nc2ccc(C)cc2)cc1. The van der Waals surface area contributed by atoms with Crippen molar-refractivity contribution in [3.8, 4) is 5.75 Å². The molecule has 0 heterocycles. The maximum absolute atomic E-state index is 12.3. The van der Waals surface area contributed by atoms with E-state index in [-0.39, 0.29) is 11.9 Å². The van der Waals surface area contributed by atoms with Gasteiger partial charge in [0.2, 0.25) is 0 Å². The third kappa shape index (κ3) is 5.92. The van der Waals surface area contributed by atoms with Gasteiger partial charge in [0, 0.05) is 11.3 Å². The van der Waals surface area contributed by atoms with E-state index in [0.717, 1.165) is 24.1 Å². The number of carbonyl (C=O) groups excluding carboxylic acids is 2. The fourth-order valence-corrected chi connectivity index (χ4v) is 2.21. The van der Waals surface area contributed by atoms with Gasteiger partial charge in [0.05, 0.1) is 6.61 Å². The van der Waals surface area contributed by atoms with Crippen LogP contribution in [0.2, 0.25) is 0 Å². The van der Waals surface area contributed by atoms with Gasteiger partial charge in [-0.25, -0.2) is 4.79 Å². The van der Waals surface area contributed by atoms with E-state index in [1.165, 1.54) is 0 Å². The smallest absolute Gasteiger partial charge is 0.347 e. The number of hydrogen-bond acceptors (Lipinski definition) is 4. The third-order valence-electron chi connectivity index (χ3n) is 3.81. The Bertz CT molecular complexity index is 723. The molecule has 5 heteroatoms. The molecule has 2 rings (SSSR count). The van der Waals surface area contributed by atoms with Gasteiger partial charge in [0.1, 0.15) is 5.75 Å². The second-order valence-corrected chi connectivity index (χ2v) is 6.13. The van der Waals surface area contributed by atoms with Crippen LogP contribution >= 0.6 is 0 Å². The first-order valence-electron chi connectivity index (χ1n) is 8.81. The van der Waals surface area contributed by atoms with Crippen molar-refractivity contribution in [3.63, 3.8) is 0 Å². The Morgan fingerprint density at radius 3 is 2.31 bits per heavy atom. The Morgan fingerprint density at radius 2 is 1.69 bits per heavy atom. The van der Waals surface area contributed by atoms with Gasteiger partial charge in [-0.15, -0.1) is 0 Å². The highest BCUT2D eigenvalue weighted by molar-refractivity contribution is 6.04. The summed E-state index contributed by atoms with van der Waals surface area (Å²) in [6.07, 6.45) is 1.11. The maximum Gasteiger partial charge on any atom is 0.347 e. The molecule has 1 unspecified atom stereocenters. The number of anilines is 1. The first-order valence-corrected chi connectivity index (χ1v) is 8.81. The van der Waals surface area contributed by atoms with E-state index >= 15 is 0 Å². The fraction of sp³-hybridized carbons (Fsp3) is 0.333. The van der Waals surface area contributed by atoms with Gasteiger partial charge in [-0.2, -0.15) is 0 Å². The number of amides is 1. The van der Waals surface area contributed by atoms with Gasteiger partial charge in [-0.3, -0.25) is 4.79 Å². The number of carbonyl (C=O) groups is 2. The monoisotopic (exact) mass is 355 g/mol. The zero-order chi connectivity index (χ0) is 18.9. The molecule has 138 valence electrons. The largest absolute Gasteiger partial charge is 0.479 e. The van der Waals surface area contributed by atoms with Gasteiger partial charge in [-0.1, -0.05) is 31.0 Å². The minimum absolute atomic E-state index is 0.201. The number of ether oxygens (including phenoxy) is 2. The van der Waals surface area contributed by atoms with Crippen LogP contribution in [0.15, 0.2) is 48.5 Å². The van der Waals surface area contributed by atoms with E-state index in [1.54, 1.807) is 31.2 Å². The van der Waals surface area contributed by atoms with Crippen LogP contribution in [0.4, 0.5) is 5.69 Å². The van der Waals surface area contributed by atoms with Crippen LogP contribution in [0.5, 0.6) is 5.75 Å². The predicted molar refractivity (Wildman–Crippen MR) is 102 cm³/mol. The highest BCUT2D eigenvalue weighted by Crippen LogP contribution is 2.16. The van der Waals surface area contributed by atoms with Crippen LogP contribution in [0.25, 0.3) is 0 Å². The molecular weight excluding hydrogens is 330 g/mol. The Hall–Kier alpha value is -2.82. The lowest BCUT2D eigenvalue weighted by Gasteiger charge is -2.14. The van der Waals surface area contributed by atoms with E-state index in [0.29, 0.717) is 17.9 Å². The van der Waals surface area contributed by atoms with Gasteiger partial charge >= 0.3 is 5.97 Å². The first-order chi connectivity index (χ1) is 12.5. The molecule has 0 aromatic heterocycles. The third-order valence-corrected chi connectivity index (χ3v) is 3.81. The Labute approximate surface area is 154 Å². The molecule has 0 aliphatic rings. The van der Waals surface area contributed by atoms with Gasteiger partial charge in [0.15, 0.2) is 6.10 Å². The molecule has 0 saturated heterocycles. The molecule has 0 saturated carbocycles. The van der Waals surface area contributed by atoms with Crippen molar-refractivity contribution in [1.29, 1.82) is 0 Å². The van der Waals surface area contributed by atoms with Crippen LogP contribution in [-0.4, -0.2) is 24.6 Å². The van der Waals surface area contributed by atoms with Crippen molar-refractivity contribution in [1.82, 2.24) is 0 Å². The summed E-state index contributed by atoms with van der Waals surface area (Å²) >= 11 is 0. The number of hydrogen-bond donors (Lipinski definition) is 1. The van der Waals surface area contributed by atoms with Crippen LogP contribution < -0.4 is 10.1 Å². The van der Waals surface area contributed by atoms with E-state index in [2.05, 4.69) is 5.32 Å². The van der Waals surface area contributed by atoms with Gasteiger partial charge in [0.25, 0.3) is 5.91 Å². The highest BCUT2D eigenvalue weighted by Gasteiger charge is 2.16. The van der Waals surface area contributed by atoms with Crippen LogP contribution in [-0.2, 0) is 9.53 Å². The van der Waals surface area contributed by atoms with Crippen molar-refractivity contribution in [2.45, 2.75) is 39.7 Å². The highest BCUT2D eigenvalue weighted by atomic mass is 16.6. The van der Waals surface area contributed by atoms with Crippen molar-refractivity contribution in [2.24, 2.45) is 0 Å². The van der Waals surface area contributed by atoms with E-state index < -0.39 is 6.10 Å². The predicted octanol–water partition coefficient (Wildman–Crippen LogP) is 4.36. The summed E-state index contributed by atoms with van der Waals surface area (Å²) < 4.78 is 10.7. The topological polar surface area (TPSA) is 64.6 Å². The molecule has 1 N–H and O–H groups in total. The zero-order valence-corrected chi connectivity index (χ0v) is 15.5. The first kappa shape index (κ1) is 19.5. The average molecular weight is 355 g/mol. The normalized spacial score (nSPS) is 11.5. The summed E-state index contributed by atoms with van der Waals surface area (Å²) in [4.78, 5) is 24.1. The van der Waals surface area contributed by atoms with Crippen LogP contribution in [0, 0.1) is 6.92 Å². The standard InChI is InChI=1S/C21H25NO4/c1-4-5-14-25-21(24)16(3)26-19-12-8-17(9-13-19)20(23)22-18-10-6-15(2)7-11-18/h6-13,16H,4-5,14H2,1-3H3,(H,22,23). The van der Waals surface area contributed by atoms with Crippen LogP contribution in [0.3, 0.4) is 0 Å². The van der Waals surface area contributed by atoms with Crippen molar-refractivity contribution in [3.05, 3.63) is 59.7 Å². The van der Waals surface area contributed by atoms with Gasteiger partial charge in [-0.05, 0) is 56.7 Å². The molecule has 0 bridgehead atoms. The summed E-state index contributed by atoms with van der Waals surface area (Å²) in [6.45, 7) is 6.07. The zero-order valence-electron chi connectivity index (χ0n) is 15.5. The Balaban J connectivity index is 1.89. The molecule has 26 heavy (non-hydrogen) atoms. The molecule has 0 radical (unpaired) electrons. The van der Waals surface area contributed by atoms with Crippen LogP contribution in [0.1, 0.15) is 42.6 Å². The summed E-state index contributed by atoms with van der Waals surface area (Å²) in [5, 5.41) is 2.84. The lowest BCUT2D eigenvalue weighted by Crippen LogP contribution is -2.26. The Kier molecular flexibility index (Phi) is 7.21.